The van der Waals surface area contributed by atoms with Gasteiger partial charge in [-0.1, -0.05) is 17.7 Å². The maximum absolute atomic E-state index is 13.9. The number of carbonyl (C=O) groups is 1. The highest BCUT2D eigenvalue weighted by atomic mass is 35.5. The van der Waals surface area contributed by atoms with Crippen molar-refractivity contribution in [2.75, 3.05) is 23.7 Å². The van der Waals surface area contributed by atoms with Gasteiger partial charge in [-0.15, -0.1) is 0 Å². The number of urea groups is 1. The number of carbonyl (C=O) groups excluding carboxylic acids is 1. The van der Waals surface area contributed by atoms with Crippen LogP contribution >= 0.6 is 11.6 Å². The number of rotatable bonds is 1. The molecule has 1 aromatic heterocycles. The molecule has 0 atom stereocenters. The summed E-state index contributed by atoms with van der Waals surface area (Å²) in [6.45, 7) is 3.12. The standard InChI is InChI=1S/C23H22ClFN4O/c1-15-4-6-18(17(24)13-15)26-22(30)28-11-8-23(9-12-28)21-3-2-10-29(21)20-7-5-16(25)14-19(20)27-23/h2-7,10,13-14,27H,8-9,11-12H2,1H3,(H,26,30). The molecule has 0 unspecified atom stereocenters. The number of benzene rings is 2. The van der Waals surface area contributed by atoms with E-state index in [-0.39, 0.29) is 17.4 Å². The van der Waals surface area contributed by atoms with E-state index >= 15 is 0 Å². The number of hydrogen-bond acceptors (Lipinski definition) is 2. The lowest BCUT2D eigenvalue weighted by Crippen LogP contribution is -2.51. The van der Waals surface area contributed by atoms with Crippen LogP contribution in [0.15, 0.2) is 54.7 Å². The lowest BCUT2D eigenvalue weighted by molar-refractivity contribution is 0.174. The highest BCUT2D eigenvalue weighted by Gasteiger charge is 2.42. The third kappa shape index (κ3) is 3.12. The Kier molecular flexibility index (Phi) is 4.47. The lowest BCUT2D eigenvalue weighted by Gasteiger charge is -2.46. The molecule has 30 heavy (non-hydrogen) atoms. The number of hydrogen-bond donors (Lipinski definition) is 2. The van der Waals surface area contributed by atoms with Crippen molar-refractivity contribution in [2.45, 2.75) is 25.3 Å². The molecule has 0 aliphatic carbocycles. The van der Waals surface area contributed by atoms with Gasteiger partial charge in [0.1, 0.15) is 5.82 Å². The molecule has 1 spiro atoms. The molecule has 0 bridgehead atoms. The van der Waals surface area contributed by atoms with Gasteiger partial charge in [-0.05, 0) is 67.8 Å². The van der Waals surface area contributed by atoms with E-state index in [1.54, 1.807) is 17.0 Å². The monoisotopic (exact) mass is 424 g/mol. The number of halogens is 2. The first kappa shape index (κ1) is 19.0. The Labute approximate surface area is 179 Å². The molecule has 0 radical (unpaired) electrons. The second-order valence-corrected chi connectivity index (χ2v) is 8.44. The fourth-order valence-corrected chi connectivity index (χ4v) is 4.79. The van der Waals surface area contributed by atoms with Crippen LogP contribution in [0.25, 0.3) is 5.69 Å². The van der Waals surface area contributed by atoms with E-state index in [9.17, 15) is 9.18 Å². The van der Waals surface area contributed by atoms with Gasteiger partial charge >= 0.3 is 6.03 Å². The average molecular weight is 425 g/mol. The first-order chi connectivity index (χ1) is 14.4. The molecule has 5 rings (SSSR count). The normalized spacial score (nSPS) is 16.6. The van der Waals surface area contributed by atoms with Crippen LogP contribution in [0.5, 0.6) is 0 Å². The zero-order valence-corrected chi connectivity index (χ0v) is 17.3. The topological polar surface area (TPSA) is 49.3 Å². The Morgan fingerprint density at radius 1 is 1.17 bits per heavy atom. The Morgan fingerprint density at radius 2 is 1.97 bits per heavy atom. The van der Waals surface area contributed by atoms with Gasteiger partial charge < -0.3 is 20.1 Å². The minimum atomic E-state index is -0.331. The van der Waals surface area contributed by atoms with E-state index in [0.29, 0.717) is 23.8 Å². The van der Waals surface area contributed by atoms with Crippen molar-refractivity contribution in [3.63, 3.8) is 0 Å². The molecule has 7 heteroatoms. The molecule has 2 aliphatic rings. The highest BCUT2D eigenvalue weighted by molar-refractivity contribution is 6.33. The fraction of sp³-hybridized carbons (Fsp3) is 0.261. The molecule has 154 valence electrons. The van der Waals surface area contributed by atoms with Crippen molar-refractivity contribution in [1.82, 2.24) is 9.47 Å². The summed E-state index contributed by atoms with van der Waals surface area (Å²) in [5, 5.41) is 7.03. The summed E-state index contributed by atoms with van der Waals surface area (Å²) in [5.74, 6) is -0.265. The van der Waals surface area contributed by atoms with E-state index in [1.807, 2.05) is 37.4 Å². The average Bonchev–Trinajstić information content (AvgIpc) is 3.22. The largest absolute Gasteiger partial charge is 0.372 e. The third-order valence-electron chi connectivity index (χ3n) is 6.10. The number of aryl methyl sites for hydroxylation is 1. The van der Waals surface area contributed by atoms with Crippen LogP contribution in [0.2, 0.25) is 5.02 Å². The van der Waals surface area contributed by atoms with Gasteiger partial charge in [-0.25, -0.2) is 9.18 Å². The molecule has 2 aromatic carbocycles. The second kappa shape index (κ2) is 7.06. The molecule has 2 aliphatic heterocycles. The molecule has 3 heterocycles. The van der Waals surface area contributed by atoms with E-state index in [2.05, 4.69) is 21.3 Å². The molecule has 2 amide bonds. The van der Waals surface area contributed by atoms with Crippen LogP contribution < -0.4 is 10.6 Å². The van der Waals surface area contributed by atoms with Gasteiger partial charge in [0.15, 0.2) is 0 Å². The minimum absolute atomic E-state index is 0.159. The van der Waals surface area contributed by atoms with Crippen LogP contribution in [0.1, 0.15) is 24.1 Å². The number of nitrogens with one attached hydrogen (secondary N) is 2. The van der Waals surface area contributed by atoms with Gasteiger partial charge in [-0.3, -0.25) is 0 Å². The maximum Gasteiger partial charge on any atom is 0.321 e. The maximum atomic E-state index is 13.9. The highest BCUT2D eigenvalue weighted by Crippen LogP contribution is 2.43. The van der Waals surface area contributed by atoms with Crippen LogP contribution in [-0.2, 0) is 5.54 Å². The van der Waals surface area contributed by atoms with Crippen molar-refractivity contribution < 1.29 is 9.18 Å². The zero-order valence-electron chi connectivity index (χ0n) is 16.6. The van der Waals surface area contributed by atoms with E-state index < -0.39 is 0 Å². The van der Waals surface area contributed by atoms with Gasteiger partial charge in [-0.2, -0.15) is 0 Å². The Morgan fingerprint density at radius 3 is 2.73 bits per heavy atom. The lowest BCUT2D eigenvalue weighted by atomic mass is 9.82. The smallest absolute Gasteiger partial charge is 0.321 e. The number of amides is 2. The molecular weight excluding hydrogens is 403 g/mol. The molecule has 5 nitrogen and oxygen atoms in total. The van der Waals surface area contributed by atoms with Crippen LogP contribution in [0, 0.1) is 12.7 Å². The predicted molar refractivity (Wildman–Crippen MR) is 117 cm³/mol. The van der Waals surface area contributed by atoms with E-state index in [1.165, 1.54) is 6.07 Å². The third-order valence-corrected chi connectivity index (χ3v) is 6.41. The summed E-state index contributed by atoms with van der Waals surface area (Å²) in [6, 6.07) is 14.3. The Bertz CT molecular complexity index is 1130. The second-order valence-electron chi connectivity index (χ2n) is 8.03. The summed E-state index contributed by atoms with van der Waals surface area (Å²) in [4.78, 5) is 14.6. The van der Waals surface area contributed by atoms with Gasteiger partial charge in [0.05, 0.1) is 27.6 Å². The van der Waals surface area contributed by atoms with Crippen molar-refractivity contribution in [2.24, 2.45) is 0 Å². The first-order valence-electron chi connectivity index (χ1n) is 10.0. The van der Waals surface area contributed by atoms with Crippen LogP contribution in [0.4, 0.5) is 20.6 Å². The number of likely N-dealkylation sites (tertiary alicyclic amines) is 1. The fourth-order valence-electron chi connectivity index (χ4n) is 4.51. The van der Waals surface area contributed by atoms with Gasteiger partial charge in [0.2, 0.25) is 0 Å². The van der Waals surface area contributed by atoms with E-state index in [4.69, 9.17) is 11.6 Å². The van der Waals surface area contributed by atoms with Crippen LogP contribution in [0.3, 0.4) is 0 Å². The molecular formula is C23H22ClFN4O. The Hall–Kier alpha value is -2.99. The molecule has 0 saturated carbocycles. The molecule has 2 N–H and O–H groups in total. The van der Waals surface area contributed by atoms with Crippen LogP contribution in [-0.4, -0.2) is 28.6 Å². The number of nitrogens with zero attached hydrogens (tertiary/aromatic N) is 2. The van der Waals surface area contributed by atoms with Crippen molar-refractivity contribution in [3.05, 3.63) is 76.8 Å². The van der Waals surface area contributed by atoms with Gasteiger partial charge in [0.25, 0.3) is 0 Å². The van der Waals surface area contributed by atoms with Crippen molar-refractivity contribution >= 4 is 29.0 Å². The Balaban J connectivity index is 1.35. The quantitative estimate of drug-likeness (QED) is 0.539. The summed E-state index contributed by atoms with van der Waals surface area (Å²) in [5.41, 5.74) is 4.19. The molecule has 1 saturated heterocycles. The molecule has 3 aromatic rings. The summed E-state index contributed by atoms with van der Waals surface area (Å²) in [7, 11) is 0. The van der Waals surface area contributed by atoms with Crippen molar-refractivity contribution in [3.8, 4) is 5.69 Å². The molecule has 1 fully saturated rings. The minimum Gasteiger partial charge on any atom is -0.372 e. The number of anilines is 2. The number of piperidine rings is 1. The SMILES string of the molecule is Cc1ccc(NC(=O)N2CCC3(CC2)Nc2cc(F)ccc2-n2cccc23)c(Cl)c1. The first-order valence-corrected chi connectivity index (χ1v) is 10.4. The summed E-state index contributed by atoms with van der Waals surface area (Å²) >= 11 is 6.26. The summed E-state index contributed by atoms with van der Waals surface area (Å²) < 4.78 is 16.0. The zero-order chi connectivity index (χ0) is 20.9. The van der Waals surface area contributed by atoms with E-state index in [0.717, 1.165) is 35.5 Å². The van der Waals surface area contributed by atoms with Crippen molar-refractivity contribution in [1.29, 1.82) is 0 Å². The number of aromatic nitrogens is 1. The number of fused-ring (bicyclic) bond motifs is 4. The predicted octanol–water partition coefficient (Wildman–Crippen LogP) is 5.53. The van der Waals surface area contributed by atoms with Gasteiger partial charge in [0, 0.05) is 25.0 Å². The summed E-state index contributed by atoms with van der Waals surface area (Å²) in [6.07, 6.45) is 3.46.